The van der Waals surface area contributed by atoms with Gasteiger partial charge in [-0.3, -0.25) is 0 Å². The smallest absolute Gasteiger partial charge is 0.119 e. The average molecular weight is 303 g/mol. The summed E-state index contributed by atoms with van der Waals surface area (Å²) >= 11 is 5.45. The number of hydrogen-bond acceptors (Lipinski definition) is 2. The van der Waals surface area contributed by atoms with Crippen LogP contribution in [0.1, 0.15) is 49.7 Å². The van der Waals surface area contributed by atoms with E-state index in [2.05, 4.69) is 30.0 Å². The fourth-order valence-corrected chi connectivity index (χ4v) is 4.19. The van der Waals surface area contributed by atoms with Crippen molar-refractivity contribution in [3.8, 4) is 5.75 Å². The number of nitrogens with zero attached hydrogens (tertiary/aromatic N) is 1. The van der Waals surface area contributed by atoms with E-state index in [0.717, 1.165) is 42.1 Å². The van der Waals surface area contributed by atoms with E-state index in [1.165, 1.54) is 31.2 Å². The second-order valence-corrected chi connectivity index (χ2v) is 6.75. The van der Waals surface area contributed by atoms with Gasteiger partial charge in [0, 0.05) is 13.1 Å². The Labute approximate surface area is 133 Å². The van der Waals surface area contributed by atoms with Crippen molar-refractivity contribution in [3.63, 3.8) is 0 Å². The molecule has 0 aromatic heterocycles. The number of thiocarbonyl (C=S) groups is 1. The lowest BCUT2D eigenvalue weighted by Gasteiger charge is -2.36. The van der Waals surface area contributed by atoms with Crippen molar-refractivity contribution in [3.05, 3.63) is 29.3 Å². The van der Waals surface area contributed by atoms with Crippen molar-refractivity contribution < 1.29 is 4.74 Å². The number of ether oxygens (including phenoxy) is 1. The van der Waals surface area contributed by atoms with Crippen molar-refractivity contribution in [2.45, 2.75) is 44.9 Å². The van der Waals surface area contributed by atoms with Crippen LogP contribution < -0.4 is 4.74 Å². The molecular weight excluding hydrogens is 278 g/mol. The van der Waals surface area contributed by atoms with Crippen molar-refractivity contribution in [1.29, 1.82) is 0 Å². The zero-order chi connectivity index (χ0) is 14.8. The minimum Gasteiger partial charge on any atom is -0.497 e. The first-order valence-electron chi connectivity index (χ1n) is 8.17. The van der Waals surface area contributed by atoms with E-state index >= 15 is 0 Å². The zero-order valence-electron chi connectivity index (χ0n) is 13.1. The lowest BCUT2D eigenvalue weighted by atomic mass is 9.81. The lowest BCUT2D eigenvalue weighted by Crippen LogP contribution is -2.38. The molecule has 1 aliphatic carbocycles. The molecule has 21 heavy (non-hydrogen) atoms. The summed E-state index contributed by atoms with van der Waals surface area (Å²) in [4.78, 5) is 3.55. The maximum Gasteiger partial charge on any atom is 0.119 e. The maximum absolute atomic E-state index is 5.45. The quantitative estimate of drug-likeness (QED) is 0.778. The molecule has 3 heteroatoms. The molecule has 114 valence electrons. The zero-order valence-corrected chi connectivity index (χ0v) is 13.9. The Kier molecular flexibility index (Phi) is 4.48. The van der Waals surface area contributed by atoms with Gasteiger partial charge < -0.3 is 9.64 Å². The van der Waals surface area contributed by atoms with Gasteiger partial charge in [0.05, 0.1) is 12.1 Å². The third-order valence-electron chi connectivity index (χ3n) is 5.24. The molecule has 0 spiro atoms. The van der Waals surface area contributed by atoms with Crippen LogP contribution in [-0.4, -0.2) is 30.1 Å². The third kappa shape index (κ3) is 2.94. The summed E-state index contributed by atoms with van der Waals surface area (Å²) in [6.07, 6.45) is 6.11. The normalized spacial score (nSPS) is 22.2. The number of aryl methyl sites for hydroxylation is 1. The molecule has 1 heterocycles. The first kappa shape index (κ1) is 14.8. The lowest BCUT2D eigenvalue weighted by molar-refractivity contribution is 0.236. The van der Waals surface area contributed by atoms with Crippen LogP contribution in [0.15, 0.2) is 18.2 Å². The van der Waals surface area contributed by atoms with Crippen LogP contribution in [0, 0.1) is 5.92 Å². The van der Waals surface area contributed by atoms with Crippen LogP contribution in [0.5, 0.6) is 5.75 Å². The summed E-state index contributed by atoms with van der Waals surface area (Å²) in [5, 5.41) is 0. The van der Waals surface area contributed by atoms with Gasteiger partial charge in [0.1, 0.15) is 5.75 Å². The number of likely N-dealkylation sites (tertiary alicyclic amines) is 1. The van der Waals surface area contributed by atoms with E-state index < -0.39 is 0 Å². The van der Waals surface area contributed by atoms with Gasteiger partial charge in [0.2, 0.25) is 0 Å². The average Bonchev–Trinajstić information content (AvgIpc) is 2.97. The molecule has 0 amide bonds. The predicted octanol–water partition coefficient (Wildman–Crippen LogP) is 4.17. The second-order valence-electron chi connectivity index (χ2n) is 6.28. The highest BCUT2D eigenvalue weighted by molar-refractivity contribution is 7.80. The van der Waals surface area contributed by atoms with E-state index in [1.807, 2.05) is 0 Å². The molecule has 0 saturated carbocycles. The molecule has 1 saturated heterocycles. The number of rotatable bonds is 3. The number of hydrogen-bond donors (Lipinski definition) is 0. The van der Waals surface area contributed by atoms with Crippen LogP contribution >= 0.6 is 12.2 Å². The van der Waals surface area contributed by atoms with Gasteiger partial charge >= 0.3 is 0 Å². The van der Waals surface area contributed by atoms with E-state index in [1.54, 1.807) is 12.7 Å². The Morgan fingerprint density at radius 2 is 2.05 bits per heavy atom. The monoisotopic (exact) mass is 303 g/mol. The minimum absolute atomic E-state index is 0.729. The highest BCUT2D eigenvalue weighted by Crippen LogP contribution is 2.43. The van der Waals surface area contributed by atoms with Crippen LogP contribution in [0.25, 0.3) is 0 Å². The summed E-state index contributed by atoms with van der Waals surface area (Å²) in [7, 11) is 1.76. The van der Waals surface area contributed by atoms with Crippen molar-refractivity contribution in [2.75, 3.05) is 20.2 Å². The molecule has 0 bridgehead atoms. The topological polar surface area (TPSA) is 12.5 Å². The van der Waals surface area contributed by atoms with Gasteiger partial charge in [0.15, 0.2) is 0 Å². The Balaban J connectivity index is 1.69. The first-order chi connectivity index (χ1) is 10.2. The first-order valence-corrected chi connectivity index (χ1v) is 8.58. The largest absolute Gasteiger partial charge is 0.497 e. The van der Waals surface area contributed by atoms with E-state index in [9.17, 15) is 0 Å². The van der Waals surface area contributed by atoms with Gasteiger partial charge in [-0.2, -0.15) is 0 Å². The molecule has 3 rings (SSSR count). The summed E-state index contributed by atoms with van der Waals surface area (Å²) in [6.45, 7) is 4.45. The summed E-state index contributed by atoms with van der Waals surface area (Å²) in [6, 6.07) is 6.63. The highest BCUT2D eigenvalue weighted by atomic mass is 32.1. The van der Waals surface area contributed by atoms with Crippen LogP contribution in [0.3, 0.4) is 0 Å². The van der Waals surface area contributed by atoms with Gasteiger partial charge in [0.25, 0.3) is 0 Å². The van der Waals surface area contributed by atoms with Crippen molar-refractivity contribution in [2.24, 2.45) is 5.92 Å². The Bertz CT molecular complexity index is 520. The summed E-state index contributed by atoms with van der Waals surface area (Å²) in [5.74, 6) is 2.55. The molecule has 0 N–H and O–H groups in total. The highest BCUT2D eigenvalue weighted by Gasteiger charge is 2.32. The fourth-order valence-electron chi connectivity index (χ4n) is 4.00. The Hall–Kier alpha value is -1.09. The number of piperidine rings is 1. The third-order valence-corrected chi connectivity index (χ3v) is 5.79. The molecule has 1 unspecified atom stereocenters. The summed E-state index contributed by atoms with van der Waals surface area (Å²) < 4.78 is 5.41. The number of methoxy groups -OCH3 is 1. The van der Waals surface area contributed by atoms with Gasteiger partial charge in [-0.15, -0.1) is 0 Å². The maximum atomic E-state index is 5.45. The molecule has 1 fully saturated rings. The predicted molar refractivity (Wildman–Crippen MR) is 91.2 cm³/mol. The number of fused-ring (bicyclic) bond motifs is 1. The van der Waals surface area contributed by atoms with E-state index in [4.69, 9.17) is 17.0 Å². The van der Waals surface area contributed by atoms with Gasteiger partial charge in [-0.05, 0) is 67.2 Å². The Morgan fingerprint density at radius 1 is 1.29 bits per heavy atom. The second kappa shape index (κ2) is 6.35. The standard InChI is InChI=1S/C18H25NOS/c1-3-18(21)19-10-8-14(9-11-19)16-7-5-13-4-6-15(20-2)12-17(13)16/h4,6,12,14,16H,3,5,7-11H2,1-2H3. The summed E-state index contributed by atoms with van der Waals surface area (Å²) in [5.41, 5.74) is 3.08. The van der Waals surface area contributed by atoms with Crippen molar-refractivity contribution in [1.82, 2.24) is 4.90 Å². The molecule has 1 aromatic rings. The molecule has 1 aliphatic heterocycles. The van der Waals surface area contributed by atoms with Gasteiger partial charge in [-0.25, -0.2) is 0 Å². The SMILES string of the molecule is CCC(=S)N1CCC(C2CCc3ccc(OC)cc32)CC1. The number of benzene rings is 1. The molecule has 2 nitrogen and oxygen atoms in total. The van der Waals surface area contributed by atoms with Crippen LogP contribution in [0.4, 0.5) is 0 Å². The van der Waals surface area contributed by atoms with E-state index in [0.29, 0.717) is 0 Å². The van der Waals surface area contributed by atoms with Crippen LogP contribution in [-0.2, 0) is 6.42 Å². The molecule has 2 aliphatic rings. The van der Waals surface area contributed by atoms with Gasteiger partial charge in [-0.1, -0.05) is 25.2 Å². The Morgan fingerprint density at radius 3 is 2.71 bits per heavy atom. The molecular formula is C18H25NOS. The van der Waals surface area contributed by atoms with E-state index in [-0.39, 0.29) is 0 Å². The molecule has 0 radical (unpaired) electrons. The van der Waals surface area contributed by atoms with Crippen molar-refractivity contribution >= 4 is 17.2 Å². The minimum atomic E-state index is 0.729. The fraction of sp³-hybridized carbons (Fsp3) is 0.611. The molecule has 1 aromatic carbocycles. The molecule has 1 atom stereocenters. The van der Waals surface area contributed by atoms with Crippen LogP contribution in [0.2, 0.25) is 0 Å².